The molecule has 0 spiro atoms. The summed E-state index contributed by atoms with van der Waals surface area (Å²) in [6.45, 7) is 0. The molecule has 1 saturated carbocycles. The van der Waals surface area contributed by atoms with Crippen LogP contribution >= 0.6 is 0 Å². The highest BCUT2D eigenvalue weighted by Gasteiger charge is 2.28. The van der Waals surface area contributed by atoms with Crippen molar-refractivity contribution in [3.8, 4) is 11.3 Å². The van der Waals surface area contributed by atoms with Gasteiger partial charge in [0.25, 0.3) is 0 Å². The molecular weight excluding hydrogens is 306 g/mol. The van der Waals surface area contributed by atoms with E-state index in [1.165, 1.54) is 0 Å². The molecule has 1 atom stereocenters. The van der Waals surface area contributed by atoms with Gasteiger partial charge in [0.2, 0.25) is 0 Å². The molecule has 0 amide bonds. The summed E-state index contributed by atoms with van der Waals surface area (Å²) >= 11 is 0. The maximum Gasteiger partial charge on any atom is 0.338 e. The van der Waals surface area contributed by atoms with E-state index in [0.29, 0.717) is 29.7 Å². The molecule has 24 heavy (non-hydrogen) atoms. The SMILES string of the molecule is O=C(O[C@H]1CCCC1=O)c1ccc2noc(-c3ccccc3)c2c1. The van der Waals surface area contributed by atoms with E-state index in [0.717, 1.165) is 17.4 Å². The van der Waals surface area contributed by atoms with E-state index in [1.54, 1.807) is 18.2 Å². The molecule has 1 fully saturated rings. The van der Waals surface area contributed by atoms with E-state index < -0.39 is 12.1 Å². The van der Waals surface area contributed by atoms with Crippen molar-refractivity contribution in [3.05, 3.63) is 54.1 Å². The maximum atomic E-state index is 12.3. The van der Waals surface area contributed by atoms with Crippen molar-refractivity contribution >= 4 is 22.7 Å². The van der Waals surface area contributed by atoms with E-state index in [2.05, 4.69) is 5.16 Å². The summed E-state index contributed by atoms with van der Waals surface area (Å²) in [6.07, 6.45) is 1.26. The fourth-order valence-corrected chi connectivity index (χ4v) is 2.97. The lowest BCUT2D eigenvalue weighted by molar-refractivity contribution is -0.124. The zero-order valence-corrected chi connectivity index (χ0v) is 12.9. The van der Waals surface area contributed by atoms with Crippen molar-refractivity contribution in [2.75, 3.05) is 0 Å². The van der Waals surface area contributed by atoms with Crippen molar-refractivity contribution in [3.63, 3.8) is 0 Å². The number of nitrogens with zero attached hydrogens (tertiary/aromatic N) is 1. The molecule has 0 radical (unpaired) electrons. The molecule has 0 saturated heterocycles. The second kappa shape index (κ2) is 5.92. The van der Waals surface area contributed by atoms with Crippen molar-refractivity contribution in [2.24, 2.45) is 0 Å². The summed E-state index contributed by atoms with van der Waals surface area (Å²) < 4.78 is 10.8. The van der Waals surface area contributed by atoms with Crippen LogP contribution in [0, 0.1) is 0 Å². The normalized spacial score (nSPS) is 17.3. The summed E-state index contributed by atoms with van der Waals surface area (Å²) in [7, 11) is 0. The molecule has 3 aromatic rings. The third-order valence-corrected chi connectivity index (χ3v) is 4.25. The zero-order valence-electron chi connectivity index (χ0n) is 12.9. The largest absolute Gasteiger partial charge is 0.451 e. The number of carbonyl (C=O) groups excluding carboxylic acids is 2. The first-order valence-corrected chi connectivity index (χ1v) is 7.91. The van der Waals surface area contributed by atoms with Crippen molar-refractivity contribution in [1.82, 2.24) is 5.16 Å². The van der Waals surface area contributed by atoms with E-state index >= 15 is 0 Å². The lowest BCUT2D eigenvalue weighted by Crippen LogP contribution is -2.21. The molecule has 2 aromatic carbocycles. The van der Waals surface area contributed by atoms with E-state index in [4.69, 9.17) is 9.26 Å². The van der Waals surface area contributed by atoms with Gasteiger partial charge in [-0.1, -0.05) is 35.5 Å². The highest BCUT2D eigenvalue weighted by atomic mass is 16.5. The Balaban J connectivity index is 1.67. The summed E-state index contributed by atoms with van der Waals surface area (Å²) in [4.78, 5) is 24.0. The predicted octanol–water partition coefficient (Wildman–Crippen LogP) is 3.77. The Bertz CT molecular complexity index is 914. The number of ketones is 1. The van der Waals surface area contributed by atoms with Crippen LogP contribution in [0.25, 0.3) is 22.2 Å². The molecule has 120 valence electrons. The van der Waals surface area contributed by atoms with Crippen molar-refractivity contribution < 1.29 is 18.8 Å². The van der Waals surface area contributed by atoms with Crippen LogP contribution < -0.4 is 0 Å². The van der Waals surface area contributed by atoms with E-state index in [-0.39, 0.29) is 5.78 Å². The number of ether oxygens (including phenoxy) is 1. The van der Waals surface area contributed by atoms with Crippen LogP contribution in [0.15, 0.2) is 53.1 Å². The Hall–Kier alpha value is -2.95. The molecule has 0 bridgehead atoms. The summed E-state index contributed by atoms with van der Waals surface area (Å²) in [5, 5.41) is 4.77. The maximum absolute atomic E-state index is 12.3. The molecule has 1 aliphatic carbocycles. The third kappa shape index (κ3) is 2.58. The Kier molecular flexibility index (Phi) is 3.61. The first-order chi connectivity index (χ1) is 11.7. The number of esters is 1. The highest BCUT2D eigenvalue weighted by molar-refractivity contribution is 5.99. The molecule has 5 nitrogen and oxygen atoms in total. The third-order valence-electron chi connectivity index (χ3n) is 4.25. The van der Waals surface area contributed by atoms with Crippen LogP contribution in [0.4, 0.5) is 0 Å². The molecule has 1 heterocycles. The molecule has 0 N–H and O–H groups in total. The van der Waals surface area contributed by atoms with Gasteiger partial charge in [0.15, 0.2) is 17.6 Å². The Morgan fingerprint density at radius 3 is 2.75 bits per heavy atom. The van der Waals surface area contributed by atoms with Gasteiger partial charge in [-0.15, -0.1) is 0 Å². The minimum atomic E-state index is -0.607. The molecule has 0 aliphatic heterocycles. The molecule has 4 rings (SSSR count). The zero-order chi connectivity index (χ0) is 16.5. The average molecular weight is 321 g/mol. The lowest BCUT2D eigenvalue weighted by Gasteiger charge is -2.10. The Labute approximate surface area is 138 Å². The average Bonchev–Trinajstić information content (AvgIpc) is 3.21. The summed E-state index contributed by atoms with van der Waals surface area (Å²) in [5.74, 6) is 0.119. The minimum absolute atomic E-state index is 0.000574. The Morgan fingerprint density at radius 1 is 1.17 bits per heavy atom. The second-order valence-electron chi connectivity index (χ2n) is 5.86. The van der Waals surface area contributed by atoms with Crippen LogP contribution in [0.5, 0.6) is 0 Å². The molecule has 1 aliphatic rings. The fourth-order valence-electron chi connectivity index (χ4n) is 2.97. The molecule has 0 unspecified atom stereocenters. The number of Topliss-reactive ketones (excluding diaryl/α,β-unsaturated/α-hetero) is 1. The van der Waals surface area contributed by atoms with Crippen molar-refractivity contribution in [1.29, 1.82) is 0 Å². The molecular formula is C19H15NO4. The number of hydrogen-bond acceptors (Lipinski definition) is 5. The van der Waals surface area contributed by atoms with Crippen LogP contribution in [-0.2, 0) is 9.53 Å². The number of fused-ring (bicyclic) bond motifs is 1. The number of aromatic nitrogens is 1. The predicted molar refractivity (Wildman–Crippen MR) is 87.5 cm³/mol. The number of rotatable bonds is 3. The van der Waals surface area contributed by atoms with E-state index in [9.17, 15) is 9.59 Å². The number of hydrogen-bond donors (Lipinski definition) is 0. The van der Waals surface area contributed by atoms with Gasteiger partial charge in [0.05, 0.1) is 10.9 Å². The summed E-state index contributed by atoms with van der Waals surface area (Å²) in [5.41, 5.74) is 1.95. The Morgan fingerprint density at radius 2 is 2.00 bits per heavy atom. The van der Waals surface area contributed by atoms with Gasteiger partial charge >= 0.3 is 5.97 Å². The molecule has 1 aromatic heterocycles. The van der Waals surface area contributed by atoms with Gasteiger partial charge in [0, 0.05) is 12.0 Å². The quantitative estimate of drug-likeness (QED) is 0.687. The topological polar surface area (TPSA) is 69.4 Å². The van der Waals surface area contributed by atoms with Crippen LogP contribution in [0.3, 0.4) is 0 Å². The lowest BCUT2D eigenvalue weighted by atomic mass is 10.1. The monoisotopic (exact) mass is 321 g/mol. The van der Waals surface area contributed by atoms with Gasteiger partial charge in [0.1, 0.15) is 5.52 Å². The first kappa shape index (κ1) is 14.6. The van der Waals surface area contributed by atoms with Crippen molar-refractivity contribution in [2.45, 2.75) is 25.4 Å². The van der Waals surface area contributed by atoms with Gasteiger partial charge in [-0.25, -0.2) is 4.79 Å². The van der Waals surface area contributed by atoms with Crippen LogP contribution in [-0.4, -0.2) is 23.0 Å². The first-order valence-electron chi connectivity index (χ1n) is 7.91. The minimum Gasteiger partial charge on any atom is -0.451 e. The van der Waals surface area contributed by atoms with Gasteiger partial charge < -0.3 is 9.26 Å². The summed E-state index contributed by atoms with van der Waals surface area (Å²) in [6, 6.07) is 14.6. The second-order valence-corrected chi connectivity index (χ2v) is 5.86. The number of carbonyl (C=O) groups is 2. The number of benzene rings is 2. The highest BCUT2D eigenvalue weighted by Crippen LogP contribution is 2.29. The van der Waals surface area contributed by atoms with Crippen LogP contribution in [0.1, 0.15) is 29.6 Å². The smallest absolute Gasteiger partial charge is 0.338 e. The van der Waals surface area contributed by atoms with Crippen LogP contribution in [0.2, 0.25) is 0 Å². The fraction of sp³-hybridized carbons (Fsp3) is 0.211. The van der Waals surface area contributed by atoms with Gasteiger partial charge in [-0.05, 0) is 31.0 Å². The van der Waals surface area contributed by atoms with E-state index in [1.807, 2.05) is 30.3 Å². The standard InChI is InChI=1S/C19H15NO4/c21-16-7-4-8-17(16)23-19(22)13-9-10-15-14(11-13)18(24-20-15)12-5-2-1-3-6-12/h1-3,5-6,9-11,17H,4,7-8H2/t17-/m0/s1. The van der Waals surface area contributed by atoms with Gasteiger partial charge in [-0.2, -0.15) is 0 Å². The van der Waals surface area contributed by atoms with Gasteiger partial charge in [-0.3, -0.25) is 4.79 Å². The molecule has 5 heteroatoms.